The van der Waals surface area contributed by atoms with Crippen LogP contribution in [0.5, 0.6) is 0 Å². The molecular formula is C11H16N2O3. The van der Waals surface area contributed by atoms with E-state index in [-0.39, 0.29) is 11.7 Å². The number of ketones is 1. The molecule has 0 bridgehead atoms. The summed E-state index contributed by atoms with van der Waals surface area (Å²) < 4.78 is 10.7. The van der Waals surface area contributed by atoms with Crippen LogP contribution in [0, 0.1) is 0 Å². The number of hydrogen-bond acceptors (Lipinski definition) is 5. The number of hydrogen-bond donors (Lipinski definition) is 0. The summed E-state index contributed by atoms with van der Waals surface area (Å²) in [5.41, 5.74) is -0.446. The predicted octanol–water partition coefficient (Wildman–Crippen LogP) is 1.79. The normalized spacial score (nSPS) is 26.9. The monoisotopic (exact) mass is 224 g/mol. The topological polar surface area (TPSA) is 65.2 Å². The van der Waals surface area contributed by atoms with Gasteiger partial charge in [-0.3, -0.25) is 4.79 Å². The summed E-state index contributed by atoms with van der Waals surface area (Å²) in [4.78, 5) is 15.5. The Bertz CT molecular complexity index is 394. The molecule has 0 aromatic carbocycles. The zero-order valence-electron chi connectivity index (χ0n) is 9.82. The molecule has 1 aliphatic rings. The number of aromatic nitrogens is 2. The maximum atomic E-state index is 11.2. The molecule has 1 aliphatic heterocycles. The van der Waals surface area contributed by atoms with E-state index in [4.69, 9.17) is 9.26 Å². The lowest BCUT2D eigenvalue weighted by Gasteiger charge is -2.17. The fraction of sp³-hybridized carbons (Fsp3) is 0.727. The van der Waals surface area contributed by atoms with Gasteiger partial charge in [0.2, 0.25) is 11.7 Å². The average molecular weight is 224 g/mol. The first kappa shape index (κ1) is 11.3. The summed E-state index contributed by atoms with van der Waals surface area (Å²) >= 11 is 0. The largest absolute Gasteiger partial charge is 0.367 e. The summed E-state index contributed by atoms with van der Waals surface area (Å²) in [5.74, 6) is 0.603. The van der Waals surface area contributed by atoms with E-state index >= 15 is 0 Å². The molecule has 1 fully saturated rings. The Labute approximate surface area is 94.2 Å². The average Bonchev–Trinajstić information content (AvgIpc) is 2.85. The van der Waals surface area contributed by atoms with E-state index in [1.807, 2.05) is 6.92 Å². The molecule has 5 nitrogen and oxygen atoms in total. The lowest BCUT2D eigenvalue weighted by atomic mass is 10.0. The van der Waals surface area contributed by atoms with Gasteiger partial charge < -0.3 is 9.26 Å². The number of carbonyl (C=O) groups is 1. The van der Waals surface area contributed by atoms with Gasteiger partial charge in [-0.15, -0.1) is 0 Å². The second-order valence-electron chi connectivity index (χ2n) is 4.47. The van der Waals surface area contributed by atoms with Gasteiger partial charge in [-0.05, 0) is 33.6 Å². The fourth-order valence-corrected chi connectivity index (χ4v) is 1.76. The standard InChI is InChI=1S/C11H16N2O3/c1-7(8(2)14)9-12-10(13-16-9)11(3)5-4-6-15-11/h7H,4-6H2,1-3H3. The fourth-order valence-electron chi connectivity index (χ4n) is 1.76. The van der Waals surface area contributed by atoms with Gasteiger partial charge in [-0.25, -0.2) is 0 Å². The number of rotatable bonds is 3. The molecule has 1 aromatic heterocycles. The molecule has 88 valence electrons. The molecule has 0 radical (unpaired) electrons. The lowest BCUT2D eigenvalue weighted by molar-refractivity contribution is -0.118. The van der Waals surface area contributed by atoms with Crippen molar-refractivity contribution in [1.29, 1.82) is 0 Å². The van der Waals surface area contributed by atoms with Crippen molar-refractivity contribution in [2.24, 2.45) is 0 Å². The minimum absolute atomic E-state index is 0.0210. The molecule has 0 saturated carbocycles. The lowest BCUT2D eigenvalue weighted by Crippen LogP contribution is -2.21. The third-order valence-electron chi connectivity index (χ3n) is 3.11. The summed E-state index contributed by atoms with van der Waals surface area (Å²) in [6, 6.07) is 0. The highest BCUT2D eigenvalue weighted by Crippen LogP contribution is 2.34. The van der Waals surface area contributed by atoms with Gasteiger partial charge >= 0.3 is 0 Å². The van der Waals surface area contributed by atoms with Crippen LogP contribution < -0.4 is 0 Å². The van der Waals surface area contributed by atoms with E-state index in [2.05, 4.69) is 10.1 Å². The van der Waals surface area contributed by atoms with E-state index in [1.54, 1.807) is 6.92 Å². The summed E-state index contributed by atoms with van der Waals surface area (Å²) in [7, 11) is 0. The number of ether oxygens (including phenoxy) is 1. The SMILES string of the molecule is CC(=O)C(C)c1nc(C2(C)CCCO2)no1. The van der Waals surface area contributed by atoms with Crippen molar-refractivity contribution in [3.63, 3.8) is 0 Å². The second-order valence-corrected chi connectivity index (χ2v) is 4.47. The van der Waals surface area contributed by atoms with Crippen LogP contribution in [0.25, 0.3) is 0 Å². The third kappa shape index (κ3) is 1.87. The Hall–Kier alpha value is -1.23. The van der Waals surface area contributed by atoms with Gasteiger partial charge in [0, 0.05) is 6.61 Å². The van der Waals surface area contributed by atoms with Gasteiger partial charge in [0.15, 0.2) is 0 Å². The third-order valence-corrected chi connectivity index (χ3v) is 3.11. The Morgan fingerprint density at radius 2 is 2.31 bits per heavy atom. The van der Waals surface area contributed by atoms with Crippen LogP contribution in [0.1, 0.15) is 51.2 Å². The summed E-state index contributed by atoms with van der Waals surface area (Å²) in [6.45, 7) is 5.95. The van der Waals surface area contributed by atoms with E-state index in [0.29, 0.717) is 11.7 Å². The van der Waals surface area contributed by atoms with Crippen molar-refractivity contribution in [3.8, 4) is 0 Å². The van der Waals surface area contributed by atoms with Crippen molar-refractivity contribution in [3.05, 3.63) is 11.7 Å². The maximum Gasteiger partial charge on any atom is 0.237 e. The zero-order chi connectivity index (χ0) is 11.8. The molecule has 2 unspecified atom stereocenters. The minimum atomic E-state index is -0.446. The van der Waals surface area contributed by atoms with Crippen LogP contribution in [0.4, 0.5) is 0 Å². The van der Waals surface area contributed by atoms with Crippen LogP contribution in [-0.2, 0) is 15.1 Å². The van der Waals surface area contributed by atoms with Crippen LogP contribution in [0.2, 0.25) is 0 Å². The van der Waals surface area contributed by atoms with E-state index in [9.17, 15) is 4.79 Å². The van der Waals surface area contributed by atoms with Crippen LogP contribution in [-0.4, -0.2) is 22.5 Å². The zero-order valence-corrected chi connectivity index (χ0v) is 9.82. The maximum absolute atomic E-state index is 11.2. The Balaban J connectivity index is 2.22. The van der Waals surface area contributed by atoms with Crippen LogP contribution in [0.3, 0.4) is 0 Å². The van der Waals surface area contributed by atoms with Crippen molar-refractivity contribution in [2.75, 3.05) is 6.61 Å². The predicted molar refractivity (Wildman–Crippen MR) is 55.9 cm³/mol. The minimum Gasteiger partial charge on any atom is -0.367 e. The van der Waals surface area contributed by atoms with Gasteiger partial charge in [0.1, 0.15) is 11.4 Å². The van der Waals surface area contributed by atoms with Crippen molar-refractivity contribution in [1.82, 2.24) is 10.1 Å². The molecule has 16 heavy (non-hydrogen) atoms. The highest BCUT2D eigenvalue weighted by Gasteiger charge is 2.37. The van der Waals surface area contributed by atoms with Gasteiger partial charge in [0.25, 0.3) is 0 Å². The summed E-state index contributed by atoms with van der Waals surface area (Å²) in [6.07, 6.45) is 1.89. The molecule has 0 spiro atoms. The van der Waals surface area contributed by atoms with E-state index < -0.39 is 5.60 Å². The first-order valence-electron chi connectivity index (χ1n) is 5.51. The quantitative estimate of drug-likeness (QED) is 0.783. The molecule has 2 atom stereocenters. The van der Waals surface area contributed by atoms with E-state index in [1.165, 1.54) is 6.92 Å². The Morgan fingerprint density at radius 1 is 1.56 bits per heavy atom. The molecule has 1 saturated heterocycles. The van der Waals surface area contributed by atoms with Gasteiger partial charge in [-0.2, -0.15) is 4.98 Å². The molecule has 2 heterocycles. The van der Waals surface area contributed by atoms with Crippen LogP contribution in [0.15, 0.2) is 4.52 Å². The molecule has 1 aromatic rings. The van der Waals surface area contributed by atoms with Gasteiger partial charge in [0.05, 0.1) is 5.92 Å². The van der Waals surface area contributed by atoms with Crippen molar-refractivity contribution in [2.45, 2.75) is 45.1 Å². The highest BCUT2D eigenvalue weighted by atomic mass is 16.5. The van der Waals surface area contributed by atoms with E-state index in [0.717, 1.165) is 19.4 Å². The Morgan fingerprint density at radius 3 is 2.88 bits per heavy atom. The molecule has 0 N–H and O–H groups in total. The van der Waals surface area contributed by atoms with Crippen molar-refractivity contribution < 1.29 is 14.1 Å². The highest BCUT2D eigenvalue weighted by molar-refractivity contribution is 5.81. The molecular weight excluding hydrogens is 208 g/mol. The molecule has 5 heteroatoms. The summed E-state index contributed by atoms with van der Waals surface area (Å²) in [5, 5.41) is 3.91. The smallest absolute Gasteiger partial charge is 0.237 e. The number of carbonyl (C=O) groups excluding carboxylic acids is 1. The second kappa shape index (κ2) is 3.97. The van der Waals surface area contributed by atoms with Crippen molar-refractivity contribution >= 4 is 5.78 Å². The first-order chi connectivity index (χ1) is 7.53. The molecule has 0 aliphatic carbocycles. The number of nitrogens with zero attached hydrogens (tertiary/aromatic N) is 2. The molecule has 0 amide bonds. The van der Waals surface area contributed by atoms with Gasteiger partial charge in [-0.1, -0.05) is 5.16 Å². The molecule has 2 rings (SSSR count). The Kier molecular flexibility index (Phi) is 2.80. The number of Topliss-reactive ketones (excluding diaryl/α,β-unsaturated/α-hetero) is 1. The first-order valence-corrected chi connectivity index (χ1v) is 5.51. The van der Waals surface area contributed by atoms with Crippen LogP contribution >= 0.6 is 0 Å².